The summed E-state index contributed by atoms with van der Waals surface area (Å²) in [4.78, 5) is 35.8. The van der Waals surface area contributed by atoms with Crippen molar-refractivity contribution >= 4 is 17.8 Å². The molecule has 2 fully saturated rings. The van der Waals surface area contributed by atoms with Gasteiger partial charge < -0.3 is 19.4 Å². The molecule has 7 heteroatoms. The Hall–Kier alpha value is -2.31. The van der Waals surface area contributed by atoms with Crippen molar-refractivity contribution in [1.82, 2.24) is 14.8 Å². The smallest absolute Gasteiger partial charge is 0.409 e. The molecule has 0 saturated carbocycles. The minimum absolute atomic E-state index is 0.00562. The molecule has 0 N–H and O–H groups in total. The second-order valence-corrected chi connectivity index (χ2v) is 8.03. The lowest BCUT2D eigenvalue weighted by molar-refractivity contribution is 0.0746. The van der Waals surface area contributed by atoms with Crippen LogP contribution in [0, 0.1) is 5.92 Å². The Morgan fingerprint density at radius 2 is 1.71 bits per heavy atom. The zero-order valence-corrected chi connectivity index (χ0v) is 17.1. The molecule has 0 bridgehead atoms. The van der Waals surface area contributed by atoms with E-state index in [0.717, 1.165) is 38.2 Å². The molecule has 7 nitrogen and oxygen atoms in total. The maximum Gasteiger partial charge on any atom is 0.409 e. The molecule has 0 spiro atoms. The molecule has 2 saturated heterocycles. The minimum Gasteiger partial charge on any atom is -0.449 e. The highest BCUT2D eigenvalue weighted by molar-refractivity contribution is 5.99. The van der Waals surface area contributed by atoms with Crippen molar-refractivity contribution in [1.29, 1.82) is 0 Å². The predicted octanol–water partition coefficient (Wildman–Crippen LogP) is 3.01. The summed E-state index contributed by atoms with van der Waals surface area (Å²) in [5.74, 6) is 1.11. The van der Waals surface area contributed by atoms with Crippen LogP contribution in [0.3, 0.4) is 0 Å². The highest BCUT2D eigenvalue weighted by Crippen LogP contribution is 2.23. The van der Waals surface area contributed by atoms with Gasteiger partial charge in [0.1, 0.15) is 5.82 Å². The number of hydrogen-bond acceptors (Lipinski definition) is 5. The molecular weight excluding hydrogens is 356 g/mol. The third-order valence-corrected chi connectivity index (χ3v) is 5.25. The molecule has 1 aromatic heterocycles. The molecule has 2 aliphatic rings. The van der Waals surface area contributed by atoms with E-state index in [1.165, 1.54) is 6.42 Å². The van der Waals surface area contributed by atoms with E-state index in [1.54, 1.807) is 11.1 Å². The zero-order valence-electron chi connectivity index (χ0n) is 17.1. The van der Waals surface area contributed by atoms with Crippen LogP contribution in [0.25, 0.3) is 0 Å². The molecule has 0 unspecified atom stereocenters. The summed E-state index contributed by atoms with van der Waals surface area (Å²) >= 11 is 0. The van der Waals surface area contributed by atoms with Gasteiger partial charge in [0.25, 0.3) is 5.91 Å². The van der Waals surface area contributed by atoms with Crippen molar-refractivity contribution in [2.45, 2.75) is 39.5 Å². The highest BCUT2D eigenvalue weighted by atomic mass is 16.6. The van der Waals surface area contributed by atoms with Crippen LogP contribution < -0.4 is 4.90 Å². The van der Waals surface area contributed by atoms with E-state index in [0.29, 0.717) is 44.3 Å². The average molecular weight is 389 g/mol. The van der Waals surface area contributed by atoms with Crippen molar-refractivity contribution < 1.29 is 14.3 Å². The number of aromatic nitrogens is 1. The van der Waals surface area contributed by atoms with Crippen LogP contribution in [0.15, 0.2) is 18.3 Å². The molecule has 0 aliphatic carbocycles. The van der Waals surface area contributed by atoms with Gasteiger partial charge in [0.05, 0.1) is 12.2 Å². The fraction of sp³-hybridized carbons (Fsp3) is 0.667. The number of amides is 2. The molecule has 154 valence electrons. The van der Waals surface area contributed by atoms with Gasteiger partial charge in [-0.15, -0.1) is 0 Å². The second-order valence-electron chi connectivity index (χ2n) is 8.03. The van der Waals surface area contributed by atoms with Crippen LogP contribution in [-0.4, -0.2) is 72.7 Å². The summed E-state index contributed by atoms with van der Waals surface area (Å²) in [5.41, 5.74) is 0.667. The van der Waals surface area contributed by atoms with E-state index >= 15 is 0 Å². The Kier molecular flexibility index (Phi) is 7.12. The number of anilines is 1. The van der Waals surface area contributed by atoms with Crippen molar-refractivity contribution in [3.05, 3.63) is 23.9 Å². The number of hydrogen-bond donors (Lipinski definition) is 0. The Morgan fingerprint density at radius 3 is 2.46 bits per heavy atom. The normalized spacial score (nSPS) is 18.2. The maximum absolute atomic E-state index is 13.2. The number of piperidine rings is 1. The number of rotatable bonds is 4. The summed E-state index contributed by atoms with van der Waals surface area (Å²) < 4.78 is 5.34. The van der Waals surface area contributed by atoms with Crippen LogP contribution in [0.5, 0.6) is 0 Å². The molecule has 1 aromatic rings. The molecule has 3 heterocycles. The first kappa shape index (κ1) is 20.4. The summed E-state index contributed by atoms with van der Waals surface area (Å²) in [6, 6.07) is 3.70. The van der Waals surface area contributed by atoms with Gasteiger partial charge in [0.2, 0.25) is 0 Å². The Balaban J connectivity index is 1.64. The third kappa shape index (κ3) is 5.14. The Labute approximate surface area is 167 Å². The van der Waals surface area contributed by atoms with E-state index in [4.69, 9.17) is 4.74 Å². The Morgan fingerprint density at radius 1 is 1.00 bits per heavy atom. The van der Waals surface area contributed by atoms with Gasteiger partial charge in [-0.25, -0.2) is 9.78 Å². The molecule has 0 radical (unpaired) electrons. The van der Waals surface area contributed by atoms with E-state index < -0.39 is 0 Å². The third-order valence-electron chi connectivity index (χ3n) is 5.25. The largest absolute Gasteiger partial charge is 0.449 e. The lowest BCUT2D eigenvalue weighted by atomic mass is 10.1. The fourth-order valence-corrected chi connectivity index (χ4v) is 3.72. The second kappa shape index (κ2) is 9.75. The number of pyridine rings is 1. The van der Waals surface area contributed by atoms with Gasteiger partial charge in [-0.1, -0.05) is 13.8 Å². The lowest BCUT2D eigenvalue weighted by Crippen LogP contribution is -2.39. The van der Waals surface area contributed by atoms with Gasteiger partial charge in [-0.3, -0.25) is 4.79 Å². The number of nitrogens with zero attached hydrogens (tertiary/aromatic N) is 4. The van der Waals surface area contributed by atoms with E-state index in [9.17, 15) is 9.59 Å². The first-order valence-electron chi connectivity index (χ1n) is 10.5. The van der Waals surface area contributed by atoms with Crippen LogP contribution in [0.4, 0.5) is 10.6 Å². The number of ether oxygens (including phenoxy) is 1. The van der Waals surface area contributed by atoms with Crippen LogP contribution in [0.2, 0.25) is 0 Å². The topological polar surface area (TPSA) is 66.0 Å². The summed E-state index contributed by atoms with van der Waals surface area (Å²) in [6.45, 7) is 8.64. The molecule has 28 heavy (non-hydrogen) atoms. The van der Waals surface area contributed by atoms with Crippen molar-refractivity contribution in [2.24, 2.45) is 5.92 Å². The highest BCUT2D eigenvalue weighted by Gasteiger charge is 2.27. The van der Waals surface area contributed by atoms with Crippen molar-refractivity contribution in [3.8, 4) is 0 Å². The number of carbonyl (C=O) groups excluding carboxylic acids is 2. The zero-order chi connectivity index (χ0) is 19.9. The van der Waals surface area contributed by atoms with Gasteiger partial charge in [-0.2, -0.15) is 0 Å². The fourth-order valence-electron chi connectivity index (χ4n) is 3.72. The first-order chi connectivity index (χ1) is 13.6. The molecular formula is C21H32N4O3. The van der Waals surface area contributed by atoms with Crippen molar-refractivity contribution in [3.63, 3.8) is 0 Å². The van der Waals surface area contributed by atoms with E-state index in [1.807, 2.05) is 30.9 Å². The molecule has 2 amide bonds. The predicted molar refractivity (Wildman–Crippen MR) is 109 cm³/mol. The standard InChI is InChI=1S/C21H32N4O3/c1-17(2)16-28-21(27)25-13-7-12-24(14-15-25)20(26)18-8-6-9-22-19(18)23-10-4-3-5-11-23/h6,8-9,17H,3-5,7,10-16H2,1-2H3. The van der Waals surface area contributed by atoms with Gasteiger partial charge in [0.15, 0.2) is 0 Å². The van der Waals surface area contributed by atoms with Crippen LogP contribution in [0.1, 0.15) is 49.9 Å². The monoisotopic (exact) mass is 388 g/mol. The van der Waals surface area contributed by atoms with Crippen LogP contribution in [-0.2, 0) is 4.74 Å². The van der Waals surface area contributed by atoms with Gasteiger partial charge in [-0.05, 0) is 43.7 Å². The minimum atomic E-state index is -0.279. The quantitative estimate of drug-likeness (QED) is 0.793. The molecule has 0 atom stereocenters. The molecule has 2 aliphatic heterocycles. The van der Waals surface area contributed by atoms with Crippen LogP contribution >= 0.6 is 0 Å². The van der Waals surface area contributed by atoms with Crippen molar-refractivity contribution in [2.75, 3.05) is 50.8 Å². The van der Waals surface area contributed by atoms with Gasteiger partial charge >= 0.3 is 6.09 Å². The molecule has 3 rings (SSSR count). The summed E-state index contributed by atoms with van der Waals surface area (Å²) in [5, 5.41) is 0. The summed E-state index contributed by atoms with van der Waals surface area (Å²) in [6.07, 6.45) is 5.75. The Bertz CT molecular complexity index is 673. The lowest BCUT2D eigenvalue weighted by Gasteiger charge is -2.30. The summed E-state index contributed by atoms with van der Waals surface area (Å²) in [7, 11) is 0. The average Bonchev–Trinajstić information content (AvgIpc) is 2.98. The first-order valence-corrected chi connectivity index (χ1v) is 10.5. The SMILES string of the molecule is CC(C)COC(=O)N1CCCN(C(=O)c2cccnc2N2CCCCC2)CC1. The van der Waals surface area contributed by atoms with E-state index in [-0.39, 0.29) is 12.0 Å². The molecule has 0 aromatic carbocycles. The maximum atomic E-state index is 13.2. The van der Waals surface area contributed by atoms with E-state index in [2.05, 4.69) is 9.88 Å². The van der Waals surface area contributed by atoms with Gasteiger partial charge in [0, 0.05) is 45.5 Å². The number of carbonyl (C=O) groups is 2.